The summed E-state index contributed by atoms with van der Waals surface area (Å²) in [5, 5.41) is 10.3. The van der Waals surface area contributed by atoms with Crippen LogP contribution in [0.4, 0.5) is 9.59 Å². The molecule has 11 nitrogen and oxygen atoms in total. The van der Waals surface area contributed by atoms with Gasteiger partial charge >= 0.3 is 18.2 Å². The highest BCUT2D eigenvalue weighted by atomic mass is 35.5. The molecule has 2 fully saturated rings. The van der Waals surface area contributed by atoms with E-state index in [0.29, 0.717) is 30.8 Å². The van der Waals surface area contributed by atoms with Crippen molar-refractivity contribution in [2.75, 3.05) is 26.2 Å². The van der Waals surface area contributed by atoms with Gasteiger partial charge in [-0.1, -0.05) is 23.7 Å². The highest BCUT2D eigenvalue weighted by Gasteiger charge is 2.57. The lowest BCUT2D eigenvalue weighted by atomic mass is 10.1. The molecule has 0 bridgehead atoms. The van der Waals surface area contributed by atoms with Gasteiger partial charge in [-0.3, -0.25) is 14.6 Å². The van der Waals surface area contributed by atoms with Gasteiger partial charge in [0.05, 0.1) is 6.61 Å². The second-order valence-electron chi connectivity index (χ2n) is 12.3. The number of nitrogens with zero attached hydrogens (tertiary/aromatic N) is 3. The van der Waals surface area contributed by atoms with Crippen LogP contribution in [0.5, 0.6) is 0 Å². The van der Waals surface area contributed by atoms with Gasteiger partial charge in [0.2, 0.25) is 0 Å². The second kappa shape index (κ2) is 12.9. The number of likely N-dealkylation sites (tertiary alicyclic amines) is 2. The molecule has 2 heterocycles. The number of aliphatic hydroxyl groups excluding tert-OH is 1. The van der Waals surface area contributed by atoms with E-state index in [1.807, 2.05) is 0 Å². The predicted molar refractivity (Wildman–Crippen MR) is 151 cm³/mol. The van der Waals surface area contributed by atoms with E-state index >= 15 is 0 Å². The Morgan fingerprint density at radius 3 is 2.17 bits per heavy atom. The number of hydrogen-bond donors (Lipinski definition) is 1. The van der Waals surface area contributed by atoms with E-state index < -0.39 is 47.0 Å². The van der Waals surface area contributed by atoms with E-state index in [4.69, 9.17) is 25.8 Å². The molecule has 0 spiro atoms. The molecule has 41 heavy (non-hydrogen) atoms. The van der Waals surface area contributed by atoms with Crippen molar-refractivity contribution in [2.45, 2.75) is 96.7 Å². The summed E-state index contributed by atoms with van der Waals surface area (Å²) >= 11 is 6.02. The van der Waals surface area contributed by atoms with Crippen LogP contribution >= 0.6 is 11.6 Å². The van der Waals surface area contributed by atoms with E-state index in [-0.39, 0.29) is 32.7 Å². The molecule has 2 aliphatic heterocycles. The summed E-state index contributed by atoms with van der Waals surface area (Å²) in [6.07, 6.45) is -0.201. The molecule has 0 aromatic heterocycles. The Morgan fingerprint density at radius 1 is 0.976 bits per heavy atom. The third kappa shape index (κ3) is 8.25. The minimum absolute atomic E-state index is 0.0263. The lowest BCUT2D eigenvalue weighted by Gasteiger charge is -2.40. The smallest absolute Gasteiger partial charge is 0.413 e. The van der Waals surface area contributed by atoms with Gasteiger partial charge in [0.1, 0.15) is 17.2 Å². The number of esters is 1. The van der Waals surface area contributed by atoms with Crippen LogP contribution in [0.15, 0.2) is 24.3 Å². The van der Waals surface area contributed by atoms with Crippen molar-refractivity contribution in [1.82, 2.24) is 14.7 Å². The molecule has 0 radical (unpaired) electrons. The first kappa shape index (κ1) is 32.5. The number of carbonyl (C=O) groups is 4. The fraction of sp³-hybridized carbons (Fsp3) is 0.655. The zero-order valence-corrected chi connectivity index (χ0v) is 25.5. The van der Waals surface area contributed by atoms with Gasteiger partial charge in [-0.15, -0.1) is 0 Å². The summed E-state index contributed by atoms with van der Waals surface area (Å²) in [6.45, 7) is 10.3. The van der Waals surface area contributed by atoms with E-state index in [1.54, 1.807) is 65.8 Å². The molecule has 0 saturated carbocycles. The second-order valence-corrected chi connectivity index (χ2v) is 12.8. The van der Waals surface area contributed by atoms with Crippen molar-refractivity contribution in [2.24, 2.45) is 0 Å². The molecule has 1 aromatic rings. The van der Waals surface area contributed by atoms with E-state index in [9.17, 15) is 24.3 Å². The lowest BCUT2D eigenvalue weighted by molar-refractivity contribution is -0.194. The average molecular weight is 596 g/mol. The van der Waals surface area contributed by atoms with Crippen LogP contribution in [-0.4, -0.2) is 93.1 Å². The van der Waals surface area contributed by atoms with Gasteiger partial charge in [-0.25, -0.2) is 14.4 Å². The van der Waals surface area contributed by atoms with Gasteiger partial charge in [0.15, 0.2) is 0 Å². The number of halogens is 1. The maximum absolute atomic E-state index is 14.3. The number of benzene rings is 1. The Kier molecular flexibility index (Phi) is 10.2. The highest BCUT2D eigenvalue weighted by Crippen LogP contribution is 2.36. The quantitative estimate of drug-likeness (QED) is 0.365. The Morgan fingerprint density at radius 2 is 1.59 bits per heavy atom. The maximum Gasteiger partial charge on any atom is 0.413 e. The van der Waals surface area contributed by atoms with Gasteiger partial charge in [-0.2, -0.15) is 0 Å². The molecular formula is C29H42ClN3O8. The summed E-state index contributed by atoms with van der Waals surface area (Å²) in [5.74, 6) is -1.48. The van der Waals surface area contributed by atoms with Crippen molar-refractivity contribution in [3.05, 3.63) is 34.9 Å². The van der Waals surface area contributed by atoms with Gasteiger partial charge < -0.3 is 24.2 Å². The van der Waals surface area contributed by atoms with Crippen LogP contribution in [0, 0.1) is 0 Å². The zero-order valence-electron chi connectivity index (χ0n) is 24.8. The molecule has 2 atom stereocenters. The van der Waals surface area contributed by atoms with Crippen LogP contribution < -0.4 is 0 Å². The predicted octanol–water partition coefficient (Wildman–Crippen LogP) is 4.33. The summed E-state index contributed by atoms with van der Waals surface area (Å²) in [6, 6.07) is 5.87. The highest BCUT2D eigenvalue weighted by molar-refractivity contribution is 6.30. The molecule has 0 unspecified atom stereocenters. The van der Waals surface area contributed by atoms with E-state index in [1.165, 1.54) is 9.80 Å². The number of rotatable bonds is 7. The number of amides is 3. The SMILES string of the molecule is CC(C)(C)OC(=O)N1CCC[C@@H]1C(=O)O[C@@]1(C(=O)N(CCO)Cc2ccc(Cl)cc2)CCCN1C(=O)OC(C)(C)C. The topological polar surface area (TPSA) is 126 Å². The van der Waals surface area contributed by atoms with Crippen LogP contribution in [0.2, 0.25) is 5.02 Å². The Balaban J connectivity index is 1.97. The third-order valence-corrected chi connectivity index (χ3v) is 6.90. The normalized spacial score (nSPS) is 21.0. The van der Waals surface area contributed by atoms with Crippen molar-refractivity contribution >= 4 is 35.7 Å². The van der Waals surface area contributed by atoms with Crippen molar-refractivity contribution < 1.29 is 38.5 Å². The van der Waals surface area contributed by atoms with Crippen LogP contribution in [0.1, 0.15) is 72.8 Å². The molecule has 2 saturated heterocycles. The first-order valence-corrected chi connectivity index (χ1v) is 14.3. The molecule has 1 N–H and O–H groups in total. The molecule has 1 aromatic carbocycles. The minimum atomic E-state index is -2.02. The van der Waals surface area contributed by atoms with Crippen molar-refractivity contribution in [3.8, 4) is 0 Å². The Hall–Kier alpha value is -3.05. The number of ether oxygens (including phenoxy) is 3. The molecule has 3 amide bonds. The monoisotopic (exact) mass is 595 g/mol. The summed E-state index contributed by atoms with van der Waals surface area (Å²) in [7, 11) is 0. The molecule has 12 heteroatoms. The molecule has 3 rings (SSSR count). The average Bonchev–Trinajstić information content (AvgIpc) is 3.51. The summed E-state index contributed by atoms with van der Waals surface area (Å²) in [5.41, 5.74) is -2.93. The van der Waals surface area contributed by atoms with Gasteiger partial charge in [0.25, 0.3) is 11.6 Å². The molecule has 228 valence electrons. The molecule has 2 aliphatic rings. The number of hydrogen-bond acceptors (Lipinski definition) is 8. The number of carbonyl (C=O) groups excluding carboxylic acids is 4. The van der Waals surface area contributed by atoms with Crippen LogP contribution in [-0.2, 0) is 30.3 Å². The van der Waals surface area contributed by atoms with E-state index in [2.05, 4.69) is 0 Å². The third-order valence-electron chi connectivity index (χ3n) is 6.65. The molecule has 0 aliphatic carbocycles. The van der Waals surface area contributed by atoms with Gasteiger partial charge in [-0.05, 0) is 78.5 Å². The lowest BCUT2D eigenvalue weighted by Crippen LogP contribution is -2.62. The van der Waals surface area contributed by atoms with E-state index in [0.717, 1.165) is 10.5 Å². The summed E-state index contributed by atoms with van der Waals surface area (Å²) < 4.78 is 17.1. The standard InChI is InChI=1S/C29H42ClN3O8/c1-27(2,3)40-25(37)32-15-7-9-22(32)23(35)39-29(14-8-16-33(29)26(38)41-28(4,5)6)24(36)31(17-18-34)19-20-10-12-21(30)13-11-20/h10-13,22,34H,7-9,14-19H2,1-6H3/t22-,29-/m1/s1. The Bertz CT molecular complexity index is 1110. The summed E-state index contributed by atoms with van der Waals surface area (Å²) in [4.78, 5) is 58.1. The number of aliphatic hydroxyl groups is 1. The fourth-order valence-corrected chi connectivity index (χ4v) is 5.06. The van der Waals surface area contributed by atoms with Crippen LogP contribution in [0.25, 0.3) is 0 Å². The zero-order chi connectivity index (χ0) is 30.6. The first-order valence-electron chi connectivity index (χ1n) is 13.9. The maximum atomic E-state index is 14.3. The van der Waals surface area contributed by atoms with Gasteiger partial charge in [0, 0.05) is 37.6 Å². The largest absolute Gasteiger partial charge is 0.444 e. The molecular weight excluding hydrogens is 554 g/mol. The minimum Gasteiger partial charge on any atom is -0.444 e. The van der Waals surface area contributed by atoms with Crippen LogP contribution in [0.3, 0.4) is 0 Å². The fourth-order valence-electron chi connectivity index (χ4n) is 4.94. The van der Waals surface area contributed by atoms with Crippen molar-refractivity contribution in [3.63, 3.8) is 0 Å². The Labute approximate surface area is 246 Å². The van der Waals surface area contributed by atoms with Crippen molar-refractivity contribution in [1.29, 1.82) is 0 Å². The first-order chi connectivity index (χ1) is 19.1.